The summed E-state index contributed by atoms with van der Waals surface area (Å²) in [6, 6.07) is 7.87. The molecule has 1 heterocycles. The number of allylic oxidation sites excluding steroid dienone is 2. The highest BCUT2D eigenvalue weighted by molar-refractivity contribution is 5.89. The monoisotopic (exact) mass is 315 g/mol. The Morgan fingerprint density at radius 1 is 1.26 bits per heavy atom. The van der Waals surface area contributed by atoms with Gasteiger partial charge < -0.3 is 20.3 Å². The van der Waals surface area contributed by atoms with E-state index in [-0.39, 0.29) is 6.03 Å². The Bertz CT molecular complexity index is 553. The topological polar surface area (TPSA) is 53.6 Å². The molecule has 0 radical (unpaired) electrons. The molecule has 2 amide bonds. The summed E-state index contributed by atoms with van der Waals surface area (Å²) in [5, 5.41) is 5.92. The minimum atomic E-state index is -0.126. The molecule has 0 bridgehead atoms. The highest BCUT2D eigenvalue weighted by atomic mass is 16.5. The summed E-state index contributed by atoms with van der Waals surface area (Å²) >= 11 is 0. The van der Waals surface area contributed by atoms with E-state index in [1.54, 1.807) is 0 Å². The number of ether oxygens (including phenoxy) is 1. The van der Waals surface area contributed by atoms with E-state index < -0.39 is 0 Å². The highest BCUT2D eigenvalue weighted by Gasteiger charge is 2.13. The van der Waals surface area contributed by atoms with Crippen LogP contribution >= 0.6 is 0 Å². The summed E-state index contributed by atoms with van der Waals surface area (Å²) < 4.78 is 5.38. The van der Waals surface area contributed by atoms with Crippen molar-refractivity contribution in [1.29, 1.82) is 0 Å². The average Bonchev–Trinajstić information content (AvgIpc) is 2.62. The first-order chi connectivity index (χ1) is 11.3. The number of hydrogen-bond acceptors (Lipinski definition) is 3. The normalized spacial score (nSPS) is 21.0. The fourth-order valence-corrected chi connectivity index (χ4v) is 3.06. The Balaban J connectivity index is 1.50. The molecule has 1 fully saturated rings. The van der Waals surface area contributed by atoms with Crippen molar-refractivity contribution in [3.8, 4) is 0 Å². The summed E-state index contributed by atoms with van der Waals surface area (Å²) in [5.74, 6) is 0.561. The third-order valence-electron chi connectivity index (χ3n) is 4.41. The Labute approximate surface area is 137 Å². The predicted octanol–water partition coefficient (Wildman–Crippen LogP) is 3.00. The summed E-state index contributed by atoms with van der Waals surface area (Å²) in [4.78, 5) is 14.3. The van der Waals surface area contributed by atoms with E-state index in [2.05, 4.69) is 33.8 Å². The first-order valence-corrected chi connectivity index (χ1v) is 8.44. The van der Waals surface area contributed by atoms with Gasteiger partial charge in [0.2, 0.25) is 0 Å². The largest absolute Gasteiger partial charge is 0.378 e. The molecular formula is C18H25N3O2. The fourth-order valence-electron chi connectivity index (χ4n) is 3.06. The lowest BCUT2D eigenvalue weighted by Gasteiger charge is -2.29. The Hall–Kier alpha value is -2.01. The van der Waals surface area contributed by atoms with Crippen LogP contribution in [-0.4, -0.2) is 38.9 Å². The second-order valence-electron chi connectivity index (χ2n) is 6.14. The van der Waals surface area contributed by atoms with Gasteiger partial charge >= 0.3 is 6.03 Å². The van der Waals surface area contributed by atoms with Crippen LogP contribution in [0.2, 0.25) is 0 Å². The lowest BCUT2D eigenvalue weighted by atomic mass is 9.94. The van der Waals surface area contributed by atoms with Crippen molar-refractivity contribution in [1.82, 2.24) is 5.32 Å². The van der Waals surface area contributed by atoms with Gasteiger partial charge in [0.25, 0.3) is 0 Å². The van der Waals surface area contributed by atoms with Crippen LogP contribution in [0.3, 0.4) is 0 Å². The highest BCUT2D eigenvalue weighted by Crippen LogP contribution is 2.21. The second kappa shape index (κ2) is 8.02. The molecule has 0 aromatic heterocycles. The quantitative estimate of drug-likeness (QED) is 0.840. The van der Waals surface area contributed by atoms with Crippen LogP contribution in [0.25, 0.3) is 0 Å². The van der Waals surface area contributed by atoms with Gasteiger partial charge in [-0.15, -0.1) is 0 Å². The number of nitrogens with one attached hydrogen (secondary N) is 2. The van der Waals surface area contributed by atoms with Crippen LogP contribution in [-0.2, 0) is 4.74 Å². The minimum absolute atomic E-state index is 0.126. The first-order valence-electron chi connectivity index (χ1n) is 8.44. The number of anilines is 2. The minimum Gasteiger partial charge on any atom is -0.378 e. The number of nitrogens with zero attached hydrogens (tertiary/aromatic N) is 1. The number of benzene rings is 1. The molecule has 1 saturated heterocycles. The number of morpholine rings is 1. The van der Waals surface area contributed by atoms with Crippen LogP contribution < -0.4 is 15.5 Å². The van der Waals surface area contributed by atoms with E-state index in [4.69, 9.17) is 4.74 Å². The van der Waals surface area contributed by atoms with Crippen molar-refractivity contribution < 1.29 is 9.53 Å². The van der Waals surface area contributed by atoms with Gasteiger partial charge in [0, 0.05) is 31.0 Å². The lowest BCUT2D eigenvalue weighted by molar-refractivity contribution is 0.122. The zero-order chi connectivity index (χ0) is 15.9. The molecule has 1 unspecified atom stereocenters. The lowest BCUT2D eigenvalue weighted by Crippen LogP contribution is -2.36. The van der Waals surface area contributed by atoms with Crippen molar-refractivity contribution in [2.45, 2.75) is 19.3 Å². The second-order valence-corrected chi connectivity index (χ2v) is 6.14. The summed E-state index contributed by atoms with van der Waals surface area (Å²) in [5.41, 5.74) is 1.96. The van der Waals surface area contributed by atoms with Gasteiger partial charge in [0.15, 0.2) is 0 Å². The van der Waals surface area contributed by atoms with Crippen molar-refractivity contribution in [3.05, 3.63) is 36.4 Å². The van der Waals surface area contributed by atoms with Crippen molar-refractivity contribution >= 4 is 17.4 Å². The molecule has 2 N–H and O–H groups in total. The maximum atomic E-state index is 12.1. The molecule has 5 heteroatoms. The summed E-state index contributed by atoms with van der Waals surface area (Å²) in [7, 11) is 0. The van der Waals surface area contributed by atoms with Crippen molar-refractivity contribution in [2.75, 3.05) is 43.1 Å². The molecule has 0 saturated carbocycles. The number of carbonyl (C=O) groups is 1. The number of carbonyl (C=O) groups excluding carboxylic acids is 1. The van der Waals surface area contributed by atoms with Crippen LogP contribution in [0.1, 0.15) is 19.3 Å². The molecule has 3 rings (SSSR count). The smallest absolute Gasteiger partial charge is 0.319 e. The molecule has 1 aromatic rings. The van der Waals surface area contributed by atoms with E-state index in [1.807, 2.05) is 18.2 Å². The molecule has 1 aliphatic heterocycles. The zero-order valence-corrected chi connectivity index (χ0v) is 13.5. The molecule has 124 valence electrons. The standard InChI is InChI=1S/C18H25N3O2/c22-18(19-14-15-5-2-1-3-6-15)20-16-7-4-8-17(13-16)21-9-11-23-12-10-21/h1-2,4,7-8,13,15H,3,5-6,9-12,14H2,(H2,19,20,22). The van der Waals surface area contributed by atoms with Crippen molar-refractivity contribution in [2.24, 2.45) is 5.92 Å². The molecular weight excluding hydrogens is 290 g/mol. The molecule has 0 spiro atoms. The number of hydrogen-bond donors (Lipinski definition) is 2. The predicted molar refractivity (Wildman–Crippen MR) is 93.0 cm³/mol. The van der Waals surface area contributed by atoms with Gasteiger partial charge in [-0.3, -0.25) is 0 Å². The number of amides is 2. The fraction of sp³-hybridized carbons (Fsp3) is 0.500. The molecule has 1 aliphatic carbocycles. The van der Waals surface area contributed by atoms with E-state index in [0.29, 0.717) is 5.92 Å². The molecule has 1 atom stereocenters. The maximum absolute atomic E-state index is 12.1. The Morgan fingerprint density at radius 3 is 2.91 bits per heavy atom. The van der Waals surface area contributed by atoms with Crippen LogP contribution in [0, 0.1) is 5.92 Å². The van der Waals surface area contributed by atoms with E-state index in [0.717, 1.165) is 63.5 Å². The van der Waals surface area contributed by atoms with E-state index in [1.165, 1.54) is 0 Å². The summed E-state index contributed by atoms with van der Waals surface area (Å²) in [6.45, 7) is 4.04. The van der Waals surface area contributed by atoms with Gasteiger partial charge in [-0.1, -0.05) is 18.2 Å². The first kappa shape index (κ1) is 15.9. The summed E-state index contributed by atoms with van der Waals surface area (Å²) in [6.07, 6.45) is 7.76. The number of urea groups is 1. The van der Waals surface area contributed by atoms with Gasteiger partial charge in [-0.2, -0.15) is 0 Å². The van der Waals surface area contributed by atoms with E-state index >= 15 is 0 Å². The third kappa shape index (κ3) is 4.73. The zero-order valence-electron chi connectivity index (χ0n) is 13.5. The van der Waals surface area contributed by atoms with E-state index in [9.17, 15) is 4.79 Å². The van der Waals surface area contributed by atoms with Crippen LogP contribution in [0.4, 0.5) is 16.2 Å². The van der Waals surface area contributed by atoms with Gasteiger partial charge in [0.1, 0.15) is 0 Å². The number of rotatable bonds is 4. The average molecular weight is 315 g/mol. The molecule has 23 heavy (non-hydrogen) atoms. The Morgan fingerprint density at radius 2 is 2.13 bits per heavy atom. The maximum Gasteiger partial charge on any atom is 0.319 e. The van der Waals surface area contributed by atoms with Gasteiger partial charge in [-0.25, -0.2) is 4.79 Å². The van der Waals surface area contributed by atoms with Crippen molar-refractivity contribution in [3.63, 3.8) is 0 Å². The molecule has 2 aliphatic rings. The van der Waals surface area contributed by atoms with Crippen LogP contribution in [0.15, 0.2) is 36.4 Å². The van der Waals surface area contributed by atoms with Gasteiger partial charge in [-0.05, 0) is 43.4 Å². The molecule has 1 aromatic carbocycles. The van der Waals surface area contributed by atoms with Gasteiger partial charge in [0.05, 0.1) is 13.2 Å². The molecule has 5 nitrogen and oxygen atoms in total. The Kier molecular flexibility index (Phi) is 5.53. The SMILES string of the molecule is O=C(NCC1CC=CCC1)Nc1cccc(N2CCOCC2)c1. The van der Waals surface area contributed by atoms with Crippen LogP contribution in [0.5, 0.6) is 0 Å². The third-order valence-corrected chi connectivity index (χ3v) is 4.41.